The van der Waals surface area contributed by atoms with Crippen molar-refractivity contribution < 1.29 is 9.18 Å². The van der Waals surface area contributed by atoms with E-state index in [1.165, 1.54) is 12.1 Å². The molecule has 2 heterocycles. The molecule has 4 nitrogen and oxygen atoms in total. The predicted octanol–water partition coefficient (Wildman–Crippen LogP) is 3.62. The molecule has 3 aromatic rings. The number of H-pyrrole nitrogens is 1. The van der Waals surface area contributed by atoms with E-state index < -0.39 is 5.41 Å². The van der Waals surface area contributed by atoms with Crippen molar-refractivity contribution in [1.82, 2.24) is 9.97 Å². The van der Waals surface area contributed by atoms with E-state index in [1.807, 2.05) is 32.0 Å². The summed E-state index contributed by atoms with van der Waals surface area (Å²) in [5.41, 5.74) is 3.63. The van der Waals surface area contributed by atoms with Crippen LogP contribution in [0.2, 0.25) is 0 Å². The van der Waals surface area contributed by atoms with Gasteiger partial charge in [0.2, 0.25) is 5.91 Å². The van der Waals surface area contributed by atoms with E-state index in [1.54, 1.807) is 18.0 Å². The molecule has 0 bridgehead atoms. The first-order valence-corrected chi connectivity index (χ1v) is 7.46. The van der Waals surface area contributed by atoms with Gasteiger partial charge in [-0.05, 0) is 43.7 Å². The molecule has 1 amide bonds. The zero-order valence-corrected chi connectivity index (χ0v) is 13.1. The number of aromatic nitrogens is 2. The fourth-order valence-corrected chi connectivity index (χ4v) is 3.25. The number of benzene rings is 2. The number of nitrogens with one attached hydrogen (secondary N) is 1. The number of carbonyl (C=O) groups excluding carboxylic acids is 1. The minimum Gasteiger partial charge on any atom is -0.338 e. The lowest BCUT2D eigenvalue weighted by Crippen LogP contribution is -2.33. The second-order valence-electron chi connectivity index (χ2n) is 6.47. The van der Waals surface area contributed by atoms with E-state index in [-0.39, 0.29) is 11.7 Å². The molecule has 0 radical (unpaired) electrons. The van der Waals surface area contributed by atoms with Gasteiger partial charge in [-0.1, -0.05) is 12.1 Å². The van der Waals surface area contributed by atoms with Crippen molar-refractivity contribution in [2.24, 2.45) is 0 Å². The first-order valence-electron chi connectivity index (χ1n) is 7.46. The van der Waals surface area contributed by atoms with Crippen LogP contribution in [0, 0.1) is 5.82 Å². The maximum Gasteiger partial charge on any atom is 0.236 e. The van der Waals surface area contributed by atoms with Crippen LogP contribution in [-0.4, -0.2) is 22.9 Å². The number of halogens is 1. The number of carbonyl (C=O) groups is 1. The van der Waals surface area contributed by atoms with Gasteiger partial charge in [-0.15, -0.1) is 0 Å². The third kappa shape index (κ3) is 1.89. The monoisotopic (exact) mass is 309 g/mol. The molecule has 0 saturated carbocycles. The summed E-state index contributed by atoms with van der Waals surface area (Å²) in [5, 5.41) is 0. The summed E-state index contributed by atoms with van der Waals surface area (Å²) in [6.07, 6.45) is 0. The van der Waals surface area contributed by atoms with Crippen LogP contribution in [0.4, 0.5) is 10.1 Å². The van der Waals surface area contributed by atoms with Gasteiger partial charge >= 0.3 is 0 Å². The summed E-state index contributed by atoms with van der Waals surface area (Å²) in [5.74, 6) is 0.448. The summed E-state index contributed by atoms with van der Waals surface area (Å²) in [6, 6.07) is 10.3. The summed E-state index contributed by atoms with van der Waals surface area (Å²) in [7, 11) is 1.79. The van der Waals surface area contributed by atoms with Gasteiger partial charge in [0.25, 0.3) is 0 Å². The summed E-state index contributed by atoms with van der Waals surface area (Å²) < 4.78 is 13.3. The molecule has 4 rings (SSSR count). The van der Waals surface area contributed by atoms with Crippen LogP contribution in [0.5, 0.6) is 0 Å². The highest BCUT2D eigenvalue weighted by Gasteiger charge is 2.42. The molecule has 0 saturated heterocycles. The molecule has 2 aromatic carbocycles. The Morgan fingerprint density at radius 2 is 1.96 bits per heavy atom. The van der Waals surface area contributed by atoms with Gasteiger partial charge in [0, 0.05) is 18.3 Å². The third-order valence-electron chi connectivity index (χ3n) is 4.59. The molecule has 0 aliphatic carbocycles. The van der Waals surface area contributed by atoms with Crippen molar-refractivity contribution in [2.75, 3.05) is 11.9 Å². The number of amides is 1. The van der Waals surface area contributed by atoms with E-state index in [4.69, 9.17) is 0 Å². The van der Waals surface area contributed by atoms with Crippen LogP contribution < -0.4 is 4.90 Å². The Labute approximate surface area is 133 Å². The fraction of sp³-hybridized carbons (Fsp3) is 0.222. The number of aromatic amines is 1. The topological polar surface area (TPSA) is 49.0 Å². The summed E-state index contributed by atoms with van der Waals surface area (Å²) in [4.78, 5) is 21.7. The van der Waals surface area contributed by atoms with E-state index in [2.05, 4.69) is 9.97 Å². The van der Waals surface area contributed by atoms with Crippen LogP contribution in [-0.2, 0) is 10.2 Å². The van der Waals surface area contributed by atoms with Gasteiger partial charge in [0.05, 0.1) is 16.4 Å². The minimum atomic E-state index is -0.514. The van der Waals surface area contributed by atoms with Crippen LogP contribution in [0.1, 0.15) is 19.4 Å². The number of hydrogen-bond donors (Lipinski definition) is 1. The maximum absolute atomic E-state index is 13.3. The summed E-state index contributed by atoms with van der Waals surface area (Å²) >= 11 is 0. The zero-order valence-electron chi connectivity index (χ0n) is 13.1. The lowest BCUT2D eigenvalue weighted by molar-refractivity contribution is -0.121. The second kappa shape index (κ2) is 4.41. The molecular weight excluding hydrogens is 293 g/mol. The Balaban J connectivity index is 1.86. The Morgan fingerprint density at radius 3 is 2.74 bits per heavy atom. The molecule has 1 aliphatic rings. The van der Waals surface area contributed by atoms with Gasteiger partial charge in [0.15, 0.2) is 0 Å². The molecule has 1 aromatic heterocycles. The number of fused-ring (bicyclic) bond motifs is 2. The molecule has 23 heavy (non-hydrogen) atoms. The van der Waals surface area contributed by atoms with Crippen LogP contribution in [0.25, 0.3) is 22.4 Å². The van der Waals surface area contributed by atoms with Gasteiger partial charge < -0.3 is 9.88 Å². The lowest BCUT2D eigenvalue weighted by Gasteiger charge is -2.16. The Morgan fingerprint density at radius 1 is 1.17 bits per heavy atom. The number of rotatable bonds is 1. The third-order valence-corrected chi connectivity index (χ3v) is 4.59. The Kier molecular flexibility index (Phi) is 2.67. The lowest BCUT2D eigenvalue weighted by atomic mass is 9.86. The number of anilines is 1. The maximum atomic E-state index is 13.3. The average molecular weight is 309 g/mol. The zero-order chi connectivity index (χ0) is 16.4. The number of hydrogen-bond acceptors (Lipinski definition) is 2. The quantitative estimate of drug-likeness (QED) is 0.746. The molecule has 0 spiro atoms. The molecule has 0 unspecified atom stereocenters. The molecule has 1 aliphatic heterocycles. The normalized spacial score (nSPS) is 16.2. The average Bonchev–Trinajstić information content (AvgIpc) is 3.01. The molecule has 5 heteroatoms. The molecule has 1 N–H and O–H groups in total. The first kappa shape index (κ1) is 13.9. The number of nitrogens with zero attached hydrogens (tertiary/aromatic N) is 2. The Hall–Kier alpha value is -2.69. The van der Waals surface area contributed by atoms with Crippen molar-refractivity contribution in [2.45, 2.75) is 19.3 Å². The van der Waals surface area contributed by atoms with Gasteiger partial charge in [-0.3, -0.25) is 4.79 Å². The van der Waals surface area contributed by atoms with Crippen molar-refractivity contribution in [3.05, 3.63) is 47.8 Å². The largest absolute Gasteiger partial charge is 0.338 e. The van der Waals surface area contributed by atoms with Crippen LogP contribution in [0.15, 0.2) is 36.4 Å². The molecular formula is C18H16FN3O. The molecule has 0 fully saturated rings. The molecule has 0 atom stereocenters. The fourth-order valence-electron chi connectivity index (χ4n) is 3.25. The van der Waals surface area contributed by atoms with E-state index in [9.17, 15) is 9.18 Å². The van der Waals surface area contributed by atoms with Crippen molar-refractivity contribution >= 4 is 22.6 Å². The highest BCUT2D eigenvalue weighted by Crippen LogP contribution is 2.42. The van der Waals surface area contributed by atoms with Crippen LogP contribution >= 0.6 is 0 Å². The smallest absolute Gasteiger partial charge is 0.236 e. The van der Waals surface area contributed by atoms with Crippen molar-refractivity contribution in [3.8, 4) is 11.4 Å². The number of likely N-dealkylation sites (N-methyl/N-ethyl adjacent to an activating group) is 1. The highest BCUT2D eigenvalue weighted by atomic mass is 19.1. The number of imidazole rings is 1. The summed E-state index contributed by atoms with van der Waals surface area (Å²) in [6.45, 7) is 3.86. The SMILES string of the molecule is CN1C(=O)C(C)(C)c2ccc(-c3nc4ccc(F)cc4[nH]3)cc21. The second-order valence-corrected chi connectivity index (χ2v) is 6.47. The first-order chi connectivity index (χ1) is 10.9. The van der Waals surface area contributed by atoms with E-state index in [0.717, 1.165) is 16.8 Å². The van der Waals surface area contributed by atoms with Gasteiger partial charge in [-0.2, -0.15) is 0 Å². The van der Waals surface area contributed by atoms with Crippen LogP contribution in [0.3, 0.4) is 0 Å². The van der Waals surface area contributed by atoms with Gasteiger partial charge in [0.1, 0.15) is 11.6 Å². The Bertz CT molecular complexity index is 958. The molecule has 116 valence electrons. The van der Waals surface area contributed by atoms with Crippen molar-refractivity contribution in [1.29, 1.82) is 0 Å². The highest BCUT2D eigenvalue weighted by molar-refractivity contribution is 6.07. The predicted molar refractivity (Wildman–Crippen MR) is 87.9 cm³/mol. The van der Waals surface area contributed by atoms with E-state index >= 15 is 0 Å². The standard InChI is InChI=1S/C18H16FN3O/c1-18(2)12-6-4-10(8-15(12)22(3)17(18)23)16-20-13-7-5-11(19)9-14(13)21-16/h4-9H,1-3H3,(H,20,21). The minimum absolute atomic E-state index is 0.0799. The van der Waals surface area contributed by atoms with E-state index in [0.29, 0.717) is 16.9 Å². The van der Waals surface area contributed by atoms with Crippen molar-refractivity contribution in [3.63, 3.8) is 0 Å². The van der Waals surface area contributed by atoms with Gasteiger partial charge in [-0.25, -0.2) is 9.37 Å².